The minimum Gasteiger partial charge on any atom is -0.461 e. The second kappa shape index (κ2) is 15.1. The lowest BCUT2D eigenvalue weighted by Crippen LogP contribution is -2.22. The highest BCUT2D eigenvalue weighted by Gasteiger charge is 2.21. The van der Waals surface area contributed by atoms with E-state index in [2.05, 4.69) is 106 Å². The second-order valence-electron chi connectivity index (χ2n) is 14.3. The number of fused-ring (bicyclic) bond motifs is 8. The van der Waals surface area contributed by atoms with Crippen LogP contribution in [0.3, 0.4) is 0 Å². The number of furan rings is 2. The Balaban J connectivity index is 0.000000121. The number of nitrogens with zero attached hydrogens (tertiary/aromatic N) is 13. The van der Waals surface area contributed by atoms with E-state index in [9.17, 15) is 0 Å². The van der Waals surface area contributed by atoms with Gasteiger partial charge in [0.25, 0.3) is 0 Å². The second-order valence-corrected chi connectivity index (χ2v) is 14.3. The molecule has 0 spiro atoms. The lowest BCUT2D eigenvalue weighted by Gasteiger charge is -2.14. The van der Waals surface area contributed by atoms with Crippen LogP contribution in [0, 0.1) is 0 Å². The van der Waals surface area contributed by atoms with E-state index < -0.39 is 0 Å². The summed E-state index contributed by atoms with van der Waals surface area (Å²) in [4.78, 5) is 20.4. The maximum absolute atomic E-state index is 6.16. The van der Waals surface area contributed by atoms with Gasteiger partial charge in [-0.3, -0.25) is 4.90 Å². The minimum atomic E-state index is 0.271. The van der Waals surface area contributed by atoms with Gasteiger partial charge in [0.05, 0.1) is 42.2 Å². The van der Waals surface area contributed by atoms with Gasteiger partial charge in [-0.2, -0.15) is 29.2 Å². The molecule has 2 aliphatic heterocycles. The number of hydrogen-bond acceptors (Lipinski definition) is 14. The molecule has 0 radical (unpaired) electrons. The molecule has 2 aliphatic rings. The fourth-order valence-electron chi connectivity index (χ4n) is 7.50. The smallest absolute Gasteiger partial charge is 0.225 e. The summed E-state index contributed by atoms with van der Waals surface area (Å²) < 4.78 is 17.5. The largest absolute Gasteiger partial charge is 0.461 e. The van der Waals surface area contributed by atoms with Crippen LogP contribution in [0.4, 0.5) is 11.9 Å². The van der Waals surface area contributed by atoms with Crippen molar-refractivity contribution in [2.24, 2.45) is 0 Å². The summed E-state index contributed by atoms with van der Waals surface area (Å²) in [5.74, 6) is 2.67. The Morgan fingerprint density at radius 2 is 1.07 bits per heavy atom. The van der Waals surface area contributed by atoms with E-state index >= 15 is 0 Å². The number of nitrogens with one attached hydrogen (secondary N) is 1. The van der Waals surface area contributed by atoms with Crippen LogP contribution >= 0.6 is 0 Å². The van der Waals surface area contributed by atoms with Crippen molar-refractivity contribution in [2.75, 3.05) is 18.0 Å². The Labute approximate surface area is 336 Å². The van der Waals surface area contributed by atoms with Crippen molar-refractivity contribution in [2.45, 2.75) is 52.6 Å². The van der Waals surface area contributed by atoms with E-state index in [1.54, 1.807) is 43.1 Å². The molecular formula is C41H40N16O2. The molecule has 5 N–H and O–H groups in total. The molecule has 18 nitrogen and oxygen atoms in total. The third-order valence-electron chi connectivity index (χ3n) is 10.4. The number of aromatic nitrogens is 12. The molecule has 10 heterocycles. The van der Waals surface area contributed by atoms with E-state index in [0.29, 0.717) is 40.1 Å². The predicted octanol–water partition coefficient (Wildman–Crippen LogP) is 5.35. The maximum atomic E-state index is 6.16. The number of nitrogens with two attached hydrogens (primary N) is 2. The summed E-state index contributed by atoms with van der Waals surface area (Å²) >= 11 is 0. The van der Waals surface area contributed by atoms with Crippen LogP contribution in [0.1, 0.15) is 35.6 Å². The van der Waals surface area contributed by atoms with Crippen molar-refractivity contribution >= 4 is 45.3 Å². The van der Waals surface area contributed by atoms with Gasteiger partial charge in [-0.25, -0.2) is 19.3 Å². The van der Waals surface area contributed by atoms with Crippen LogP contribution in [0.5, 0.6) is 0 Å². The average molecular weight is 789 g/mol. The molecule has 10 aromatic rings. The zero-order valence-electron chi connectivity index (χ0n) is 32.2. The van der Waals surface area contributed by atoms with Crippen LogP contribution in [0.25, 0.3) is 56.5 Å². The SMILES string of the molecule is CCCn1ncc2c1nc(N)n1nc(-c3ccco3)nc21.Nc1nc2c(cnn2CCN2Cc3ccccc3C2)c2nc(-c3ccco3)nn12.c1ccc2c(c1)CNC2. The summed E-state index contributed by atoms with van der Waals surface area (Å²) in [6.45, 7) is 8.50. The van der Waals surface area contributed by atoms with Gasteiger partial charge in [-0.05, 0) is 52.9 Å². The first-order valence-corrected chi connectivity index (χ1v) is 19.4. The highest BCUT2D eigenvalue weighted by Crippen LogP contribution is 2.26. The molecule has 18 heteroatoms. The number of hydrogen-bond donors (Lipinski definition) is 3. The van der Waals surface area contributed by atoms with Crippen molar-refractivity contribution in [3.05, 3.63) is 120 Å². The summed E-state index contributed by atoms with van der Waals surface area (Å²) in [6.07, 6.45) is 7.65. The van der Waals surface area contributed by atoms with Gasteiger partial charge in [0, 0.05) is 39.3 Å². The summed E-state index contributed by atoms with van der Waals surface area (Å²) in [5.41, 5.74) is 20.6. The zero-order valence-corrected chi connectivity index (χ0v) is 32.2. The Kier molecular flexibility index (Phi) is 9.22. The first-order chi connectivity index (χ1) is 29.0. The summed E-state index contributed by atoms with van der Waals surface area (Å²) in [7, 11) is 0. The van der Waals surface area contributed by atoms with Crippen molar-refractivity contribution in [1.82, 2.24) is 68.9 Å². The predicted molar refractivity (Wildman–Crippen MR) is 220 cm³/mol. The normalized spacial score (nSPS) is 13.5. The maximum Gasteiger partial charge on any atom is 0.225 e. The number of anilines is 2. The summed E-state index contributed by atoms with van der Waals surface area (Å²) in [5, 5.41) is 22.6. The molecule has 0 unspecified atom stereocenters. The number of nitrogen functional groups attached to an aromatic ring is 2. The first-order valence-electron chi connectivity index (χ1n) is 19.4. The van der Waals surface area contributed by atoms with E-state index in [4.69, 9.17) is 20.3 Å². The molecule has 0 aliphatic carbocycles. The van der Waals surface area contributed by atoms with Gasteiger partial charge >= 0.3 is 0 Å². The molecule has 2 aromatic carbocycles. The van der Waals surface area contributed by atoms with Gasteiger partial charge in [0.15, 0.2) is 34.1 Å². The van der Waals surface area contributed by atoms with Crippen molar-refractivity contribution < 1.29 is 8.83 Å². The lowest BCUT2D eigenvalue weighted by molar-refractivity contribution is 0.268. The number of aryl methyl sites for hydroxylation is 1. The molecule has 0 amide bonds. The van der Waals surface area contributed by atoms with Crippen LogP contribution < -0.4 is 16.8 Å². The quantitative estimate of drug-likeness (QED) is 0.186. The molecule has 12 rings (SSSR count). The standard InChI is InChI=1S/C20H18N8O.C13H13N7O.C8H9N/c21-20-24-18-15(19-23-17(25-28(19)20)16-6-3-9-29-16)10-22-27(18)8-7-26-11-13-4-1-2-5-14(13)12-26;1-2-5-19-11-8(7-15-19)12-16-10(9-4-3-6-21-9)18-20(12)13(14)17-11;1-2-4-8-6-9-5-7(8)3-1/h1-6,9-10H,7-8,11-12H2,(H2,21,24);3-4,6-7H,2,5H2,1H3,(H2,14,17);1-4,9H,5-6H2. The highest BCUT2D eigenvalue weighted by molar-refractivity contribution is 5.91. The van der Waals surface area contributed by atoms with Crippen molar-refractivity contribution in [3.8, 4) is 23.2 Å². The third kappa shape index (κ3) is 6.78. The Morgan fingerprint density at radius 3 is 1.54 bits per heavy atom. The molecular weight excluding hydrogens is 749 g/mol. The van der Waals surface area contributed by atoms with Crippen LogP contribution in [0.2, 0.25) is 0 Å². The summed E-state index contributed by atoms with van der Waals surface area (Å²) in [6, 6.07) is 24.3. The third-order valence-corrected chi connectivity index (χ3v) is 10.4. The van der Waals surface area contributed by atoms with Gasteiger partial charge in [0.1, 0.15) is 0 Å². The molecule has 0 atom stereocenters. The van der Waals surface area contributed by atoms with E-state index in [-0.39, 0.29) is 11.9 Å². The van der Waals surface area contributed by atoms with Crippen LogP contribution in [0.15, 0.2) is 107 Å². The van der Waals surface area contributed by atoms with Gasteiger partial charge in [-0.1, -0.05) is 55.5 Å². The molecule has 59 heavy (non-hydrogen) atoms. The molecule has 0 saturated heterocycles. The van der Waals surface area contributed by atoms with E-state index in [1.165, 1.54) is 31.3 Å². The van der Waals surface area contributed by atoms with Gasteiger partial charge in [-0.15, -0.1) is 10.2 Å². The molecule has 8 aromatic heterocycles. The number of benzene rings is 2. The Morgan fingerprint density at radius 1 is 0.576 bits per heavy atom. The molecule has 0 saturated carbocycles. The average Bonchev–Trinajstić information content (AvgIpc) is 4.09. The number of rotatable bonds is 7. The van der Waals surface area contributed by atoms with Gasteiger partial charge in [0.2, 0.25) is 23.5 Å². The Hall–Kier alpha value is -7.44. The topological polar surface area (TPSA) is 215 Å². The fourth-order valence-corrected chi connectivity index (χ4v) is 7.50. The van der Waals surface area contributed by atoms with E-state index in [0.717, 1.165) is 68.7 Å². The van der Waals surface area contributed by atoms with Crippen molar-refractivity contribution in [1.29, 1.82) is 0 Å². The highest BCUT2D eigenvalue weighted by atomic mass is 16.3. The minimum absolute atomic E-state index is 0.271. The lowest BCUT2D eigenvalue weighted by atomic mass is 10.1. The zero-order chi connectivity index (χ0) is 39.9. The van der Waals surface area contributed by atoms with Crippen LogP contribution in [-0.4, -0.2) is 70.2 Å². The fraction of sp³-hybridized carbons (Fsp3) is 0.220. The molecule has 0 fully saturated rings. The van der Waals surface area contributed by atoms with Gasteiger partial charge < -0.3 is 25.6 Å². The van der Waals surface area contributed by atoms with E-state index in [1.807, 2.05) is 15.4 Å². The van der Waals surface area contributed by atoms with Crippen LogP contribution in [-0.2, 0) is 39.3 Å². The monoisotopic (exact) mass is 788 g/mol. The van der Waals surface area contributed by atoms with Crippen molar-refractivity contribution in [3.63, 3.8) is 0 Å². The molecule has 296 valence electrons. The first kappa shape index (κ1) is 35.9. The Bertz CT molecular complexity index is 3000. The molecule has 0 bridgehead atoms.